The molecule has 0 bridgehead atoms. The summed E-state index contributed by atoms with van der Waals surface area (Å²) in [5.41, 5.74) is 1.97. The number of likely N-dealkylation sites (tertiary alicyclic amines) is 1. The van der Waals surface area contributed by atoms with E-state index in [2.05, 4.69) is 15.5 Å². The first-order valence-electron chi connectivity index (χ1n) is 8.36. The molecule has 0 spiro atoms. The quantitative estimate of drug-likeness (QED) is 0.861. The van der Waals surface area contributed by atoms with Crippen LogP contribution in [0.1, 0.15) is 43.9 Å². The molecule has 1 atom stereocenters. The van der Waals surface area contributed by atoms with Crippen molar-refractivity contribution >= 4 is 11.9 Å². The summed E-state index contributed by atoms with van der Waals surface area (Å²) in [5, 5.41) is 9.80. The molecule has 2 aliphatic rings. The molecule has 3 amide bonds. The van der Waals surface area contributed by atoms with Gasteiger partial charge in [0.25, 0.3) is 0 Å². The number of amides is 3. The molecule has 1 saturated carbocycles. The van der Waals surface area contributed by atoms with E-state index in [4.69, 9.17) is 0 Å². The molecule has 0 radical (unpaired) electrons. The van der Waals surface area contributed by atoms with Gasteiger partial charge in [-0.2, -0.15) is 5.10 Å². The van der Waals surface area contributed by atoms with E-state index in [0.717, 1.165) is 43.5 Å². The molecule has 1 saturated heterocycles. The van der Waals surface area contributed by atoms with Gasteiger partial charge < -0.3 is 15.1 Å². The lowest BCUT2D eigenvalue weighted by Crippen LogP contribution is -2.48. The highest BCUT2D eigenvalue weighted by molar-refractivity contribution is 5.76. The molecule has 1 aromatic rings. The fourth-order valence-corrected chi connectivity index (χ4v) is 3.27. The lowest BCUT2D eigenvalue weighted by atomic mass is 10.2. The zero-order chi connectivity index (χ0) is 16.4. The van der Waals surface area contributed by atoms with Gasteiger partial charge in [0.15, 0.2) is 0 Å². The van der Waals surface area contributed by atoms with E-state index in [1.807, 2.05) is 16.7 Å². The Morgan fingerprint density at radius 1 is 1.43 bits per heavy atom. The smallest absolute Gasteiger partial charge is 0.317 e. The highest BCUT2D eigenvalue weighted by atomic mass is 16.2. The molecule has 126 valence electrons. The van der Waals surface area contributed by atoms with Crippen molar-refractivity contribution in [3.63, 3.8) is 0 Å². The van der Waals surface area contributed by atoms with E-state index in [-0.39, 0.29) is 18.0 Å². The summed E-state index contributed by atoms with van der Waals surface area (Å²) in [5.74, 6) is 0.119. The summed E-state index contributed by atoms with van der Waals surface area (Å²) in [4.78, 5) is 28.1. The third-order valence-corrected chi connectivity index (χ3v) is 4.80. The molecule has 1 aliphatic heterocycles. The molecule has 0 aromatic carbocycles. The van der Waals surface area contributed by atoms with Crippen molar-refractivity contribution in [1.82, 2.24) is 25.3 Å². The van der Waals surface area contributed by atoms with E-state index in [9.17, 15) is 9.59 Å². The number of aromatic amines is 1. The van der Waals surface area contributed by atoms with Gasteiger partial charge in [-0.05, 0) is 32.6 Å². The highest BCUT2D eigenvalue weighted by Crippen LogP contribution is 2.29. The number of rotatable bonds is 5. The normalized spacial score (nSPS) is 20.6. The molecule has 3 rings (SSSR count). The predicted octanol–water partition coefficient (Wildman–Crippen LogP) is 1.40. The van der Waals surface area contributed by atoms with E-state index < -0.39 is 0 Å². The van der Waals surface area contributed by atoms with Crippen molar-refractivity contribution in [2.24, 2.45) is 0 Å². The minimum Gasteiger partial charge on any atom is -0.338 e. The maximum atomic E-state index is 12.5. The number of hydrogen-bond acceptors (Lipinski definition) is 3. The van der Waals surface area contributed by atoms with Crippen molar-refractivity contribution in [3.8, 4) is 0 Å². The first-order valence-corrected chi connectivity index (χ1v) is 8.36. The number of nitrogens with one attached hydrogen (secondary N) is 2. The van der Waals surface area contributed by atoms with Gasteiger partial charge in [0.1, 0.15) is 0 Å². The maximum Gasteiger partial charge on any atom is 0.317 e. The standard InChI is InChI=1S/C16H25N5O2/c1-11-13(9-18-19-11)8-17-16(23)20-7-3-4-15(20)10-21(12(2)22)14-5-6-14/h9,14-15H,3-8,10H2,1-2H3,(H,17,23)(H,18,19)/t15-/m1/s1. The summed E-state index contributed by atoms with van der Waals surface area (Å²) in [6, 6.07) is 0.476. The third-order valence-electron chi connectivity index (χ3n) is 4.80. The van der Waals surface area contributed by atoms with Gasteiger partial charge in [0, 0.05) is 43.9 Å². The molecule has 7 nitrogen and oxygen atoms in total. The number of aryl methyl sites for hydroxylation is 1. The van der Waals surface area contributed by atoms with Crippen molar-refractivity contribution in [2.45, 2.75) is 58.2 Å². The lowest BCUT2D eigenvalue weighted by molar-refractivity contribution is -0.130. The number of carbonyl (C=O) groups excluding carboxylic acids is 2. The maximum absolute atomic E-state index is 12.5. The van der Waals surface area contributed by atoms with Crippen LogP contribution < -0.4 is 5.32 Å². The van der Waals surface area contributed by atoms with Crippen LogP contribution in [0.2, 0.25) is 0 Å². The Bertz CT molecular complexity index is 581. The van der Waals surface area contributed by atoms with Crippen molar-refractivity contribution in [3.05, 3.63) is 17.5 Å². The topological polar surface area (TPSA) is 81.3 Å². The molecule has 7 heteroatoms. The first-order chi connectivity index (χ1) is 11.1. The molecule has 23 heavy (non-hydrogen) atoms. The van der Waals surface area contributed by atoms with Gasteiger partial charge in [-0.3, -0.25) is 9.89 Å². The first kappa shape index (κ1) is 15.8. The zero-order valence-corrected chi connectivity index (χ0v) is 13.8. The van der Waals surface area contributed by atoms with E-state index in [0.29, 0.717) is 19.1 Å². The van der Waals surface area contributed by atoms with Crippen LogP contribution in [0.25, 0.3) is 0 Å². The van der Waals surface area contributed by atoms with Crippen LogP contribution in [0.3, 0.4) is 0 Å². The van der Waals surface area contributed by atoms with Gasteiger partial charge >= 0.3 is 6.03 Å². The van der Waals surface area contributed by atoms with Crippen LogP contribution in [0, 0.1) is 6.92 Å². The summed E-state index contributed by atoms with van der Waals surface area (Å²) < 4.78 is 0. The number of aromatic nitrogens is 2. The Morgan fingerprint density at radius 3 is 2.83 bits per heavy atom. The summed E-state index contributed by atoms with van der Waals surface area (Å²) in [7, 11) is 0. The lowest BCUT2D eigenvalue weighted by Gasteiger charge is -2.30. The zero-order valence-electron chi connectivity index (χ0n) is 13.8. The highest BCUT2D eigenvalue weighted by Gasteiger charge is 2.36. The summed E-state index contributed by atoms with van der Waals surface area (Å²) in [6.45, 7) is 5.46. The number of H-pyrrole nitrogens is 1. The molecule has 2 fully saturated rings. The monoisotopic (exact) mass is 319 g/mol. The van der Waals surface area contributed by atoms with E-state index >= 15 is 0 Å². The second-order valence-electron chi connectivity index (χ2n) is 6.57. The van der Waals surface area contributed by atoms with Crippen LogP contribution in [-0.2, 0) is 11.3 Å². The molecule has 2 heterocycles. The Morgan fingerprint density at radius 2 is 2.22 bits per heavy atom. The second kappa shape index (κ2) is 6.60. The minimum absolute atomic E-state index is 0.0487. The Hall–Kier alpha value is -2.05. The fourth-order valence-electron chi connectivity index (χ4n) is 3.27. The minimum atomic E-state index is -0.0487. The average Bonchev–Trinajstić information content (AvgIpc) is 3.10. The van der Waals surface area contributed by atoms with Crippen LogP contribution in [0.15, 0.2) is 6.20 Å². The van der Waals surface area contributed by atoms with Gasteiger partial charge in [-0.15, -0.1) is 0 Å². The fraction of sp³-hybridized carbons (Fsp3) is 0.688. The summed E-state index contributed by atoms with van der Waals surface area (Å²) >= 11 is 0. The van der Waals surface area contributed by atoms with Crippen LogP contribution >= 0.6 is 0 Å². The molecule has 2 N–H and O–H groups in total. The largest absolute Gasteiger partial charge is 0.338 e. The van der Waals surface area contributed by atoms with Gasteiger partial charge in [-0.25, -0.2) is 4.79 Å². The van der Waals surface area contributed by atoms with Crippen molar-refractivity contribution in [1.29, 1.82) is 0 Å². The molecular formula is C16H25N5O2. The third kappa shape index (κ3) is 3.65. The van der Waals surface area contributed by atoms with Crippen LogP contribution in [-0.4, -0.2) is 57.1 Å². The average molecular weight is 319 g/mol. The number of hydrogen-bond donors (Lipinski definition) is 2. The molecule has 1 aliphatic carbocycles. The number of carbonyl (C=O) groups is 2. The van der Waals surface area contributed by atoms with Crippen molar-refractivity contribution < 1.29 is 9.59 Å². The van der Waals surface area contributed by atoms with Crippen LogP contribution in [0.5, 0.6) is 0 Å². The molecular weight excluding hydrogens is 294 g/mol. The Labute approximate surface area is 136 Å². The molecule has 1 aromatic heterocycles. The Kier molecular flexibility index (Phi) is 4.54. The Balaban J connectivity index is 1.56. The van der Waals surface area contributed by atoms with Crippen molar-refractivity contribution in [2.75, 3.05) is 13.1 Å². The second-order valence-corrected chi connectivity index (χ2v) is 6.57. The van der Waals surface area contributed by atoms with E-state index in [1.165, 1.54) is 0 Å². The number of urea groups is 1. The van der Waals surface area contributed by atoms with Gasteiger partial charge in [0.2, 0.25) is 5.91 Å². The number of nitrogens with zero attached hydrogens (tertiary/aromatic N) is 3. The van der Waals surface area contributed by atoms with E-state index in [1.54, 1.807) is 13.1 Å². The van der Waals surface area contributed by atoms with Gasteiger partial charge in [-0.1, -0.05) is 0 Å². The van der Waals surface area contributed by atoms with Crippen LogP contribution in [0.4, 0.5) is 4.79 Å². The van der Waals surface area contributed by atoms with Gasteiger partial charge in [0.05, 0.1) is 12.2 Å². The summed E-state index contributed by atoms with van der Waals surface area (Å²) in [6.07, 6.45) is 5.89. The SMILES string of the molecule is CC(=O)N(C[C@H]1CCCN1C(=O)NCc1cn[nH]c1C)C1CC1. The molecule has 0 unspecified atom stereocenters. The predicted molar refractivity (Wildman–Crippen MR) is 85.7 cm³/mol.